The van der Waals surface area contributed by atoms with Crippen molar-refractivity contribution in [3.63, 3.8) is 0 Å². The van der Waals surface area contributed by atoms with Crippen LogP contribution in [0.4, 0.5) is 0 Å². The molecule has 0 unspecified atom stereocenters. The molecule has 1 aliphatic rings. The van der Waals surface area contributed by atoms with E-state index in [1.165, 1.54) is 0 Å². The minimum atomic E-state index is -3.40. The molecular formula is C30H35AlN2O6P3. The van der Waals surface area contributed by atoms with E-state index in [4.69, 9.17) is 7.15 Å². The second kappa shape index (κ2) is 15.1. The first kappa shape index (κ1) is 32.8. The summed E-state index contributed by atoms with van der Waals surface area (Å²) in [5.74, 6) is 0. The van der Waals surface area contributed by atoms with Crippen molar-refractivity contribution in [2.75, 3.05) is 26.2 Å². The molecule has 219 valence electrons. The standard InChI is InChI=1S/2C12H11O2P.C6H15N2O2P.Al/c2*13-15(14,11-7-3-1-4-8-11)12-9-5-2-6-10-12;1-3-7-5-6-8(4-2)11(7,9)10;/h2*1-10H,(H,13,14);3-6H2,1-2H3,(H,9,10);/q;;;+2/p-2. The van der Waals surface area contributed by atoms with E-state index in [2.05, 4.69) is 0 Å². The van der Waals surface area contributed by atoms with Crippen LogP contribution in [0.5, 0.6) is 0 Å². The quantitative estimate of drug-likeness (QED) is 0.188. The second-order valence-electron chi connectivity index (χ2n) is 9.36. The van der Waals surface area contributed by atoms with Crippen molar-refractivity contribution in [2.45, 2.75) is 13.8 Å². The Kier molecular flexibility index (Phi) is 11.8. The van der Waals surface area contributed by atoms with Crippen molar-refractivity contribution >= 4 is 59.5 Å². The fourth-order valence-corrected chi connectivity index (χ4v) is 12.6. The number of hydrogen-bond donors (Lipinski definition) is 1. The van der Waals surface area contributed by atoms with Crippen LogP contribution in [0.2, 0.25) is 0 Å². The maximum absolute atomic E-state index is 14.0. The van der Waals surface area contributed by atoms with Crippen LogP contribution in [0.1, 0.15) is 13.8 Å². The highest BCUT2D eigenvalue weighted by Crippen LogP contribution is 2.52. The Morgan fingerprint density at radius 3 is 1.10 bits per heavy atom. The van der Waals surface area contributed by atoms with Gasteiger partial charge in [0.25, 0.3) is 0 Å². The molecule has 0 bridgehead atoms. The topological polar surface area (TPSA) is 96.4 Å². The minimum Gasteiger partial charge on any atom is -0.428 e. The third-order valence-electron chi connectivity index (χ3n) is 6.85. The summed E-state index contributed by atoms with van der Waals surface area (Å²) in [6.07, 6.45) is 0. The van der Waals surface area contributed by atoms with Crippen LogP contribution in [0.15, 0.2) is 121 Å². The lowest BCUT2D eigenvalue weighted by Gasteiger charge is -2.23. The largest absolute Gasteiger partial charge is 0.680 e. The zero-order chi connectivity index (χ0) is 30.1. The summed E-state index contributed by atoms with van der Waals surface area (Å²) in [5.41, 5.74) is 0. The van der Waals surface area contributed by atoms with E-state index in [-0.39, 0.29) is 0 Å². The molecule has 0 saturated carbocycles. The third-order valence-corrected chi connectivity index (χ3v) is 16.3. The van der Waals surface area contributed by atoms with Gasteiger partial charge in [-0.15, -0.1) is 0 Å². The van der Waals surface area contributed by atoms with Gasteiger partial charge >= 0.3 is 23.6 Å². The molecule has 4 aromatic rings. The molecule has 5 rings (SSSR count). The first-order valence-corrected chi connectivity index (χ1v) is 19.5. The van der Waals surface area contributed by atoms with Crippen molar-refractivity contribution in [3.8, 4) is 0 Å². The van der Waals surface area contributed by atoms with Crippen molar-refractivity contribution in [2.24, 2.45) is 0 Å². The van der Waals surface area contributed by atoms with Gasteiger partial charge in [-0.25, -0.2) is 9.34 Å². The molecule has 8 nitrogen and oxygen atoms in total. The maximum Gasteiger partial charge on any atom is 0.680 e. The van der Waals surface area contributed by atoms with Crippen LogP contribution >= 0.6 is 22.4 Å². The number of hydrogen-bond acceptors (Lipinski definition) is 5. The summed E-state index contributed by atoms with van der Waals surface area (Å²) in [6, 6.07) is 36.3. The Morgan fingerprint density at radius 1 is 0.619 bits per heavy atom. The monoisotopic (exact) mass is 639 g/mol. The zero-order valence-corrected chi connectivity index (χ0v) is 27.5. The van der Waals surface area contributed by atoms with Crippen LogP contribution in [0.3, 0.4) is 0 Å². The Labute approximate surface area is 255 Å². The SMILES string of the molecule is CCN1CCN(CC)P1(=O)O.O=P([O][Al][O]P(=O)(c1ccccc1)c1ccccc1)(c1ccccc1)c1ccccc1. The van der Waals surface area contributed by atoms with E-state index >= 15 is 0 Å². The van der Waals surface area contributed by atoms with Gasteiger partial charge in [0.1, 0.15) is 0 Å². The Hall–Kier alpha value is -2.10. The van der Waals surface area contributed by atoms with Crippen molar-refractivity contribution < 1.29 is 25.7 Å². The van der Waals surface area contributed by atoms with Gasteiger partial charge in [-0.05, 0) is 48.5 Å². The molecule has 42 heavy (non-hydrogen) atoms. The summed E-state index contributed by atoms with van der Waals surface area (Å²) in [7, 11) is -9.90. The number of rotatable bonds is 10. The molecule has 1 N–H and O–H groups in total. The molecule has 1 saturated heterocycles. The van der Waals surface area contributed by atoms with Gasteiger partial charge in [0.05, 0.1) is 0 Å². The first-order chi connectivity index (χ1) is 20.3. The minimum absolute atomic E-state index is 0.576. The molecule has 0 aromatic heterocycles. The highest BCUT2D eigenvalue weighted by Gasteiger charge is 2.39. The first-order valence-electron chi connectivity index (χ1n) is 13.7. The predicted molar refractivity (Wildman–Crippen MR) is 172 cm³/mol. The zero-order valence-electron chi connectivity index (χ0n) is 23.7. The van der Waals surface area contributed by atoms with E-state index in [1.807, 2.05) is 86.6 Å². The third kappa shape index (κ3) is 7.51. The van der Waals surface area contributed by atoms with Gasteiger partial charge in [0.2, 0.25) is 14.7 Å². The molecular weight excluding hydrogens is 604 g/mol. The number of benzene rings is 4. The van der Waals surface area contributed by atoms with Crippen LogP contribution in [-0.4, -0.2) is 56.3 Å². The lowest BCUT2D eigenvalue weighted by Crippen LogP contribution is -2.23. The van der Waals surface area contributed by atoms with Crippen LogP contribution in [0.25, 0.3) is 0 Å². The van der Waals surface area contributed by atoms with Crippen LogP contribution in [-0.2, 0) is 20.8 Å². The number of likely N-dealkylation sites (N-methyl/N-ethyl adjacent to an activating group) is 2. The van der Waals surface area contributed by atoms with Crippen LogP contribution in [0, 0.1) is 0 Å². The number of nitrogens with zero attached hydrogens (tertiary/aromatic N) is 2. The van der Waals surface area contributed by atoms with Gasteiger partial charge in [0, 0.05) is 47.4 Å². The Balaban J connectivity index is 0.000000310. The molecule has 0 aliphatic carbocycles. The van der Waals surface area contributed by atoms with Crippen molar-refractivity contribution in [1.82, 2.24) is 9.34 Å². The van der Waals surface area contributed by atoms with E-state index in [0.29, 0.717) is 34.3 Å². The highest BCUT2D eigenvalue weighted by atomic mass is 31.2. The summed E-state index contributed by atoms with van der Waals surface area (Å²) < 4.78 is 54.8. The molecule has 1 heterocycles. The molecule has 0 amide bonds. The normalized spacial score (nSPS) is 15.5. The van der Waals surface area contributed by atoms with Gasteiger partial charge in [0.15, 0.2) is 0 Å². The lowest BCUT2D eigenvalue weighted by molar-refractivity contribution is 0.353. The molecule has 0 atom stereocenters. The molecule has 1 fully saturated rings. The van der Waals surface area contributed by atoms with E-state index in [9.17, 15) is 18.6 Å². The summed E-state index contributed by atoms with van der Waals surface area (Å²) >= 11 is -1.29. The van der Waals surface area contributed by atoms with E-state index in [0.717, 1.165) is 13.1 Å². The van der Waals surface area contributed by atoms with E-state index in [1.54, 1.807) is 57.9 Å². The average molecular weight is 640 g/mol. The predicted octanol–water partition coefficient (Wildman–Crippen LogP) is 5.16. The average Bonchev–Trinajstić information content (AvgIpc) is 3.35. The second-order valence-corrected chi connectivity index (χ2v) is 17.7. The summed E-state index contributed by atoms with van der Waals surface area (Å²) in [6.45, 7) is 6.56. The summed E-state index contributed by atoms with van der Waals surface area (Å²) in [5, 5.41) is 2.30. The lowest BCUT2D eigenvalue weighted by atomic mass is 10.4. The van der Waals surface area contributed by atoms with Gasteiger partial charge < -0.3 is 12.0 Å². The van der Waals surface area contributed by atoms with Gasteiger partial charge in [-0.1, -0.05) is 86.6 Å². The van der Waals surface area contributed by atoms with E-state index < -0.39 is 38.3 Å². The molecule has 1 aliphatic heterocycles. The maximum atomic E-state index is 14.0. The van der Waals surface area contributed by atoms with Gasteiger partial charge in [-0.2, -0.15) is 0 Å². The fourth-order valence-electron chi connectivity index (χ4n) is 4.53. The smallest absolute Gasteiger partial charge is 0.428 e. The van der Waals surface area contributed by atoms with Crippen molar-refractivity contribution in [3.05, 3.63) is 121 Å². The van der Waals surface area contributed by atoms with Crippen LogP contribution < -0.4 is 21.2 Å². The molecule has 12 heteroatoms. The Bertz CT molecular complexity index is 1350. The van der Waals surface area contributed by atoms with Crippen molar-refractivity contribution in [1.29, 1.82) is 0 Å². The highest BCUT2D eigenvalue weighted by molar-refractivity contribution is 7.76. The fraction of sp³-hybridized carbons (Fsp3) is 0.200. The molecule has 0 spiro atoms. The van der Waals surface area contributed by atoms with Gasteiger partial charge in [-0.3, -0.25) is 13.7 Å². The molecule has 4 aromatic carbocycles. The summed E-state index contributed by atoms with van der Waals surface area (Å²) in [4.78, 5) is 9.52. The molecule has 1 radical (unpaired) electrons. The Morgan fingerprint density at radius 2 is 0.881 bits per heavy atom.